The Morgan fingerprint density at radius 2 is 2.12 bits per heavy atom. The van der Waals surface area contributed by atoms with Crippen LogP contribution < -0.4 is 5.32 Å². The van der Waals surface area contributed by atoms with E-state index in [4.69, 9.17) is 5.11 Å². The third kappa shape index (κ3) is 3.48. The predicted octanol–water partition coefficient (Wildman–Crippen LogP) is 2.58. The van der Waals surface area contributed by atoms with Crippen molar-refractivity contribution in [1.82, 2.24) is 9.88 Å². The maximum absolute atomic E-state index is 11.4. The van der Waals surface area contributed by atoms with Crippen molar-refractivity contribution >= 4 is 28.5 Å². The van der Waals surface area contributed by atoms with Crippen LogP contribution in [0.4, 0.5) is 9.93 Å². The second kappa shape index (κ2) is 6.88. The molecule has 2 N–H and O–H groups in total. The van der Waals surface area contributed by atoms with Gasteiger partial charge in [-0.2, -0.15) is 0 Å². The van der Waals surface area contributed by atoms with E-state index in [-0.39, 0.29) is 5.97 Å². The Morgan fingerprint density at radius 3 is 2.79 bits per heavy atom. The first kappa shape index (κ1) is 16.3. The fraction of sp³-hybridized carbons (Fsp3) is 0.312. The number of amides is 1. The number of aromatic nitrogens is 1. The fourth-order valence-electron chi connectivity index (χ4n) is 2.49. The minimum Gasteiger partial charge on any atom is -0.465 e. The van der Waals surface area contributed by atoms with Crippen molar-refractivity contribution in [2.75, 3.05) is 19.0 Å². The Bertz CT molecular complexity index is 757. The molecule has 2 aromatic rings. The van der Waals surface area contributed by atoms with Crippen LogP contribution in [0.1, 0.15) is 26.5 Å². The summed E-state index contributed by atoms with van der Waals surface area (Å²) in [5, 5.41) is 13.1. The second-order valence-corrected chi connectivity index (χ2v) is 6.47. The first-order valence-corrected chi connectivity index (χ1v) is 8.26. The van der Waals surface area contributed by atoms with Crippen LogP contribution in [0, 0.1) is 0 Å². The zero-order valence-electron chi connectivity index (χ0n) is 13.1. The molecule has 1 aromatic carbocycles. The van der Waals surface area contributed by atoms with Gasteiger partial charge < -0.3 is 20.1 Å². The molecule has 7 nitrogen and oxygen atoms in total. The van der Waals surface area contributed by atoms with Gasteiger partial charge in [-0.3, -0.25) is 0 Å². The number of carboxylic acid groups (broad SMARTS) is 1. The van der Waals surface area contributed by atoms with E-state index in [9.17, 15) is 9.59 Å². The van der Waals surface area contributed by atoms with E-state index < -0.39 is 6.09 Å². The highest BCUT2D eigenvalue weighted by atomic mass is 32.1. The number of methoxy groups -OCH3 is 1. The van der Waals surface area contributed by atoms with Crippen LogP contribution in [0.15, 0.2) is 24.3 Å². The molecule has 1 aliphatic rings. The summed E-state index contributed by atoms with van der Waals surface area (Å²) in [6.07, 6.45) is -0.248. The highest BCUT2D eigenvalue weighted by Gasteiger charge is 2.23. The van der Waals surface area contributed by atoms with Gasteiger partial charge in [-0.05, 0) is 17.7 Å². The summed E-state index contributed by atoms with van der Waals surface area (Å²) >= 11 is 1.49. The molecule has 2 heterocycles. The third-order valence-electron chi connectivity index (χ3n) is 3.82. The molecule has 0 unspecified atom stereocenters. The zero-order valence-corrected chi connectivity index (χ0v) is 13.9. The van der Waals surface area contributed by atoms with Crippen molar-refractivity contribution in [1.29, 1.82) is 0 Å². The lowest BCUT2D eigenvalue weighted by Crippen LogP contribution is -2.34. The Balaban J connectivity index is 1.62. The number of esters is 1. The van der Waals surface area contributed by atoms with Crippen LogP contribution in [0.25, 0.3) is 0 Å². The molecular weight excluding hydrogens is 330 g/mol. The number of rotatable bonds is 4. The monoisotopic (exact) mass is 347 g/mol. The van der Waals surface area contributed by atoms with E-state index in [1.807, 2.05) is 12.1 Å². The van der Waals surface area contributed by atoms with Crippen LogP contribution in [0.5, 0.6) is 0 Å². The highest BCUT2D eigenvalue weighted by Crippen LogP contribution is 2.28. The van der Waals surface area contributed by atoms with E-state index in [0.717, 1.165) is 21.3 Å². The quantitative estimate of drug-likeness (QED) is 0.826. The summed E-state index contributed by atoms with van der Waals surface area (Å²) in [6, 6.07) is 7.17. The molecule has 0 saturated carbocycles. The van der Waals surface area contributed by atoms with Gasteiger partial charge in [-0.15, -0.1) is 0 Å². The summed E-state index contributed by atoms with van der Waals surface area (Å²) in [5.41, 5.74) is 2.50. The van der Waals surface area contributed by atoms with Gasteiger partial charge in [0.2, 0.25) is 0 Å². The molecule has 1 aromatic heterocycles. The largest absolute Gasteiger partial charge is 0.465 e. The number of hydrogen-bond donors (Lipinski definition) is 2. The van der Waals surface area contributed by atoms with E-state index in [2.05, 4.69) is 15.0 Å². The third-order valence-corrected chi connectivity index (χ3v) is 4.86. The molecule has 126 valence electrons. The van der Waals surface area contributed by atoms with Gasteiger partial charge in [0.25, 0.3) is 0 Å². The number of thiazole rings is 1. The standard InChI is InChI=1S/C16H17N3O4S/c1-23-14(20)11-4-2-10(3-5-11)8-17-15-18-12-6-7-19(16(21)22)9-13(12)24-15/h2-5H,6-9H2,1H3,(H,17,18)(H,21,22). The molecule has 0 aliphatic carbocycles. The lowest BCUT2D eigenvalue weighted by atomic mass is 10.1. The lowest BCUT2D eigenvalue weighted by Gasteiger charge is -2.22. The molecule has 0 spiro atoms. The van der Waals surface area contributed by atoms with E-state index in [1.165, 1.54) is 23.3 Å². The first-order valence-electron chi connectivity index (χ1n) is 7.44. The topological polar surface area (TPSA) is 91.8 Å². The van der Waals surface area contributed by atoms with Gasteiger partial charge in [-0.25, -0.2) is 14.6 Å². The van der Waals surface area contributed by atoms with Gasteiger partial charge >= 0.3 is 12.1 Å². The van der Waals surface area contributed by atoms with Crippen LogP contribution in [0.2, 0.25) is 0 Å². The summed E-state index contributed by atoms with van der Waals surface area (Å²) in [4.78, 5) is 29.4. The number of carbonyl (C=O) groups excluding carboxylic acids is 1. The number of benzene rings is 1. The van der Waals surface area contributed by atoms with Gasteiger partial charge in [0.05, 0.1) is 24.9 Å². The van der Waals surface area contributed by atoms with Crippen molar-refractivity contribution in [3.8, 4) is 0 Å². The Kier molecular flexibility index (Phi) is 4.66. The zero-order chi connectivity index (χ0) is 17.1. The number of hydrogen-bond acceptors (Lipinski definition) is 6. The smallest absolute Gasteiger partial charge is 0.407 e. The van der Waals surface area contributed by atoms with Crippen LogP contribution in [-0.2, 0) is 24.2 Å². The summed E-state index contributed by atoms with van der Waals surface area (Å²) in [7, 11) is 1.35. The molecule has 1 aliphatic heterocycles. The summed E-state index contributed by atoms with van der Waals surface area (Å²) in [6.45, 7) is 1.47. The number of ether oxygens (including phenoxy) is 1. The van der Waals surface area contributed by atoms with Crippen molar-refractivity contribution in [3.05, 3.63) is 46.0 Å². The van der Waals surface area contributed by atoms with Crippen LogP contribution in [0.3, 0.4) is 0 Å². The molecule has 24 heavy (non-hydrogen) atoms. The van der Waals surface area contributed by atoms with Crippen LogP contribution in [-0.4, -0.2) is 40.7 Å². The number of nitrogens with zero attached hydrogens (tertiary/aromatic N) is 2. The maximum Gasteiger partial charge on any atom is 0.407 e. The number of nitrogens with one attached hydrogen (secondary N) is 1. The summed E-state index contributed by atoms with van der Waals surface area (Å²) in [5.74, 6) is -0.356. The molecular formula is C16H17N3O4S. The lowest BCUT2D eigenvalue weighted by molar-refractivity contribution is 0.0600. The van der Waals surface area contributed by atoms with Crippen molar-refractivity contribution in [2.24, 2.45) is 0 Å². The Labute approximate surface area is 142 Å². The normalized spacial score (nSPS) is 13.3. The van der Waals surface area contributed by atoms with Crippen molar-refractivity contribution < 1.29 is 19.4 Å². The van der Waals surface area contributed by atoms with E-state index in [0.29, 0.717) is 31.6 Å². The van der Waals surface area contributed by atoms with Gasteiger partial charge in [0, 0.05) is 24.4 Å². The average Bonchev–Trinajstić information content (AvgIpc) is 3.01. The molecule has 8 heteroatoms. The van der Waals surface area contributed by atoms with E-state index >= 15 is 0 Å². The van der Waals surface area contributed by atoms with Crippen molar-refractivity contribution in [3.63, 3.8) is 0 Å². The van der Waals surface area contributed by atoms with Gasteiger partial charge in [-0.1, -0.05) is 23.5 Å². The average molecular weight is 347 g/mol. The first-order chi connectivity index (χ1) is 11.6. The van der Waals surface area contributed by atoms with Crippen molar-refractivity contribution in [2.45, 2.75) is 19.5 Å². The number of fused-ring (bicyclic) bond motifs is 1. The minimum absolute atomic E-state index is 0.356. The SMILES string of the molecule is COC(=O)c1ccc(CNc2nc3c(s2)CN(C(=O)O)CC3)cc1. The molecule has 1 amide bonds. The Hall–Kier alpha value is -2.61. The van der Waals surface area contributed by atoms with Crippen LogP contribution >= 0.6 is 11.3 Å². The van der Waals surface area contributed by atoms with E-state index in [1.54, 1.807) is 12.1 Å². The molecule has 0 atom stereocenters. The predicted molar refractivity (Wildman–Crippen MR) is 89.4 cm³/mol. The number of anilines is 1. The maximum atomic E-state index is 11.4. The number of carbonyl (C=O) groups is 2. The molecule has 0 bridgehead atoms. The molecule has 3 rings (SSSR count). The molecule has 0 fully saturated rings. The molecule has 0 radical (unpaired) electrons. The van der Waals surface area contributed by atoms with Gasteiger partial charge in [0.15, 0.2) is 5.13 Å². The Morgan fingerprint density at radius 1 is 1.38 bits per heavy atom. The minimum atomic E-state index is -0.894. The van der Waals surface area contributed by atoms with Gasteiger partial charge in [0.1, 0.15) is 0 Å². The second-order valence-electron chi connectivity index (χ2n) is 5.39. The summed E-state index contributed by atoms with van der Waals surface area (Å²) < 4.78 is 4.67. The fourth-order valence-corrected chi connectivity index (χ4v) is 3.51. The highest BCUT2D eigenvalue weighted by molar-refractivity contribution is 7.15. The molecule has 0 saturated heterocycles.